The van der Waals surface area contributed by atoms with Crippen LogP contribution >= 0.6 is 0 Å². The van der Waals surface area contributed by atoms with Crippen LogP contribution in [0.25, 0.3) is 22.0 Å². The number of nitrogens with zero attached hydrogens (tertiary/aromatic N) is 2. The van der Waals surface area contributed by atoms with Crippen LogP contribution in [0.2, 0.25) is 0 Å². The molecule has 160 valence electrons. The zero-order chi connectivity index (χ0) is 22.5. The summed E-state index contributed by atoms with van der Waals surface area (Å²) in [6.07, 6.45) is 3.43. The van der Waals surface area contributed by atoms with Crippen LogP contribution in [0.5, 0.6) is 5.75 Å². The van der Waals surface area contributed by atoms with Gasteiger partial charge in [-0.15, -0.1) is 0 Å². The van der Waals surface area contributed by atoms with E-state index in [2.05, 4.69) is 9.97 Å². The highest BCUT2D eigenvalue weighted by molar-refractivity contribution is 6.26. The Morgan fingerprint density at radius 1 is 0.906 bits per heavy atom. The topological polar surface area (TPSA) is 78.1 Å². The molecule has 0 aliphatic carbocycles. The third-order valence-corrected chi connectivity index (χ3v) is 5.27. The summed E-state index contributed by atoms with van der Waals surface area (Å²) in [5.41, 5.74) is 10.7. The highest BCUT2D eigenvalue weighted by Crippen LogP contribution is 2.32. The van der Waals surface area contributed by atoms with E-state index in [0.717, 1.165) is 33.3 Å². The van der Waals surface area contributed by atoms with E-state index in [4.69, 9.17) is 10.5 Å². The van der Waals surface area contributed by atoms with Crippen LogP contribution in [0.3, 0.4) is 0 Å². The van der Waals surface area contributed by atoms with Gasteiger partial charge in [0.2, 0.25) is 5.91 Å². The summed E-state index contributed by atoms with van der Waals surface area (Å²) < 4.78 is 5.93. The predicted molar refractivity (Wildman–Crippen MR) is 128 cm³/mol. The van der Waals surface area contributed by atoms with Gasteiger partial charge in [-0.25, -0.2) is 4.98 Å². The monoisotopic (exact) mass is 423 g/mol. The fourth-order valence-corrected chi connectivity index (χ4v) is 3.79. The Morgan fingerprint density at radius 3 is 2.31 bits per heavy atom. The van der Waals surface area contributed by atoms with Crippen LogP contribution in [-0.2, 0) is 11.4 Å². The van der Waals surface area contributed by atoms with Crippen LogP contribution in [0.15, 0.2) is 85.2 Å². The first kappa shape index (κ1) is 21.2. The number of para-hydroxylation sites is 1. The van der Waals surface area contributed by atoms with Gasteiger partial charge in [0.05, 0.1) is 16.8 Å². The van der Waals surface area contributed by atoms with E-state index in [9.17, 15) is 4.79 Å². The molecule has 0 saturated carbocycles. The maximum atomic E-state index is 12.4. The molecule has 1 amide bonds. The summed E-state index contributed by atoms with van der Waals surface area (Å²) in [4.78, 5) is 21.1. The molecule has 2 N–H and O–H groups in total. The van der Waals surface area contributed by atoms with Gasteiger partial charge in [0.15, 0.2) is 0 Å². The SMILES string of the molecule is CC(C)C(=C(C(N)=O)c1ccc(OCc2ccc3ccccc3n2)cc1)c1ccncc1. The fraction of sp³-hybridized carbons (Fsp3) is 0.148. The minimum absolute atomic E-state index is 0.106. The molecule has 0 aliphatic rings. The quantitative estimate of drug-likeness (QED) is 0.411. The van der Waals surface area contributed by atoms with Crippen LogP contribution in [0.1, 0.15) is 30.7 Å². The Bertz CT molecular complexity index is 1260. The average molecular weight is 424 g/mol. The van der Waals surface area contributed by atoms with Crippen LogP contribution in [0.4, 0.5) is 0 Å². The number of pyridine rings is 2. The molecule has 0 fully saturated rings. The van der Waals surface area contributed by atoms with Gasteiger partial charge in [0.1, 0.15) is 12.4 Å². The molecule has 5 nitrogen and oxygen atoms in total. The molecule has 2 aromatic heterocycles. The van der Waals surface area contributed by atoms with E-state index in [1.807, 2.05) is 86.6 Å². The van der Waals surface area contributed by atoms with Crippen molar-refractivity contribution < 1.29 is 9.53 Å². The standard InChI is InChI=1S/C27H25N3O2/c1-18(2)25(21-13-15-29-16-14-21)26(27(28)31)20-8-11-23(12-9-20)32-17-22-10-7-19-5-3-4-6-24(19)30-22/h3-16,18H,17H2,1-2H3,(H2,28,31). The molecule has 2 aromatic carbocycles. The molecule has 0 aliphatic heterocycles. The zero-order valence-corrected chi connectivity index (χ0v) is 18.2. The summed E-state index contributed by atoms with van der Waals surface area (Å²) in [6.45, 7) is 4.45. The van der Waals surface area contributed by atoms with Gasteiger partial charge in [0, 0.05) is 17.8 Å². The number of hydrogen-bond acceptors (Lipinski definition) is 4. The number of rotatable bonds is 7. The number of ether oxygens (including phenoxy) is 1. The second-order valence-corrected chi connectivity index (χ2v) is 7.85. The van der Waals surface area contributed by atoms with Crippen molar-refractivity contribution in [2.24, 2.45) is 11.7 Å². The highest BCUT2D eigenvalue weighted by Gasteiger charge is 2.19. The minimum Gasteiger partial charge on any atom is -0.487 e. The lowest BCUT2D eigenvalue weighted by molar-refractivity contribution is -0.112. The summed E-state index contributed by atoms with van der Waals surface area (Å²) in [6, 6.07) is 23.2. The maximum absolute atomic E-state index is 12.4. The van der Waals surface area contributed by atoms with Gasteiger partial charge in [0.25, 0.3) is 0 Å². The number of primary amides is 1. The van der Waals surface area contributed by atoms with Crippen LogP contribution in [0, 0.1) is 5.92 Å². The second-order valence-electron chi connectivity index (χ2n) is 7.85. The van der Waals surface area contributed by atoms with E-state index >= 15 is 0 Å². The molecule has 4 aromatic rings. The zero-order valence-electron chi connectivity index (χ0n) is 18.2. The van der Waals surface area contributed by atoms with E-state index in [0.29, 0.717) is 17.9 Å². The van der Waals surface area contributed by atoms with E-state index in [1.165, 1.54) is 0 Å². The number of nitrogens with two attached hydrogens (primary N) is 1. The first-order chi connectivity index (χ1) is 15.5. The van der Waals surface area contributed by atoms with Gasteiger partial charge in [-0.05, 0) is 59.0 Å². The highest BCUT2D eigenvalue weighted by atomic mass is 16.5. The van der Waals surface area contributed by atoms with E-state index in [-0.39, 0.29) is 5.92 Å². The summed E-state index contributed by atoms with van der Waals surface area (Å²) >= 11 is 0. The lowest BCUT2D eigenvalue weighted by Crippen LogP contribution is -2.16. The number of carbonyl (C=O) groups excluding carboxylic acids is 1. The Kier molecular flexibility index (Phi) is 6.26. The van der Waals surface area contributed by atoms with Crippen LogP contribution in [-0.4, -0.2) is 15.9 Å². The lowest BCUT2D eigenvalue weighted by atomic mass is 9.87. The van der Waals surface area contributed by atoms with E-state index < -0.39 is 5.91 Å². The van der Waals surface area contributed by atoms with Gasteiger partial charge >= 0.3 is 0 Å². The van der Waals surface area contributed by atoms with Crippen LogP contribution < -0.4 is 10.5 Å². The minimum atomic E-state index is -0.459. The van der Waals surface area contributed by atoms with Crippen molar-refractivity contribution >= 4 is 28.0 Å². The first-order valence-electron chi connectivity index (χ1n) is 10.5. The molecule has 4 rings (SSSR count). The van der Waals surface area contributed by atoms with E-state index in [1.54, 1.807) is 12.4 Å². The molecular weight excluding hydrogens is 398 g/mol. The summed E-state index contributed by atoms with van der Waals surface area (Å²) in [5, 5.41) is 1.10. The molecule has 2 heterocycles. The smallest absolute Gasteiger partial charge is 0.249 e. The molecule has 0 saturated heterocycles. The molecule has 0 bridgehead atoms. The average Bonchev–Trinajstić information content (AvgIpc) is 2.81. The lowest BCUT2D eigenvalue weighted by Gasteiger charge is -2.17. The molecule has 0 radical (unpaired) electrons. The molecular formula is C27H25N3O2. The molecule has 32 heavy (non-hydrogen) atoms. The number of benzene rings is 2. The maximum Gasteiger partial charge on any atom is 0.249 e. The number of hydrogen-bond donors (Lipinski definition) is 1. The Labute approximate surface area is 187 Å². The van der Waals surface area contributed by atoms with Crippen molar-refractivity contribution in [3.63, 3.8) is 0 Å². The first-order valence-corrected chi connectivity index (χ1v) is 10.5. The number of fused-ring (bicyclic) bond motifs is 1. The predicted octanol–water partition coefficient (Wildman–Crippen LogP) is 5.26. The van der Waals surface area contributed by atoms with Crippen molar-refractivity contribution in [3.05, 3.63) is 102 Å². The Morgan fingerprint density at radius 2 is 1.62 bits per heavy atom. The van der Waals surface area contributed by atoms with Crippen molar-refractivity contribution in [2.45, 2.75) is 20.5 Å². The summed E-state index contributed by atoms with van der Waals surface area (Å²) in [5.74, 6) is 0.344. The van der Waals surface area contributed by atoms with Gasteiger partial charge in [-0.2, -0.15) is 0 Å². The Balaban J connectivity index is 1.58. The van der Waals surface area contributed by atoms with Crippen molar-refractivity contribution in [1.82, 2.24) is 9.97 Å². The molecule has 0 spiro atoms. The fourth-order valence-electron chi connectivity index (χ4n) is 3.79. The molecule has 0 unspecified atom stereocenters. The van der Waals surface area contributed by atoms with Crippen molar-refractivity contribution in [2.75, 3.05) is 0 Å². The third kappa shape index (κ3) is 4.67. The van der Waals surface area contributed by atoms with Gasteiger partial charge in [-0.3, -0.25) is 9.78 Å². The largest absolute Gasteiger partial charge is 0.487 e. The summed E-state index contributed by atoms with van der Waals surface area (Å²) in [7, 11) is 0. The number of aromatic nitrogens is 2. The molecule has 0 atom stereocenters. The number of allylic oxidation sites excluding steroid dienone is 1. The Hall–Kier alpha value is -3.99. The third-order valence-electron chi connectivity index (χ3n) is 5.27. The van der Waals surface area contributed by atoms with Crippen molar-refractivity contribution in [1.29, 1.82) is 0 Å². The van der Waals surface area contributed by atoms with Gasteiger partial charge in [-0.1, -0.05) is 50.2 Å². The molecule has 5 heteroatoms. The number of carbonyl (C=O) groups is 1. The van der Waals surface area contributed by atoms with Gasteiger partial charge < -0.3 is 10.5 Å². The normalized spacial score (nSPS) is 12.0. The second kappa shape index (κ2) is 9.43. The van der Waals surface area contributed by atoms with Crippen molar-refractivity contribution in [3.8, 4) is 5.75 Å². The number of amides is 1.